The fourth-order valence-corrected chi connectivity index (χ4v) is 3.28. The van der Waals surface area contributed by atoms with Gasteiger partial charge in [-0.25, -0.2) is 0 Å². The Morgan fingerprint density at radius 2 is 1.03 bits per heavy atom. The summed E-state index contributed by atoms with van der Waals surface area (Å²) in [6.07, 6.45) is -11.2. The van der Waals surface area contributed by atoms with Crippen LogP contribution in [-0.2, 0) is 12.4 Å². The minimum atomic E-state index is -5.64. The van der Waals surface area contributed by atoms with Gasteiger partial charge in [0.2, 0.25) is 0 Å². The van der Waals surface area contributed by atoms with Gasteiger partial charge in [0.1, 0.15) is 29.8 Å². The highest BCUT2D eigenvalue weighted by Crippen LogP contribution is 2.44. The summed E-state index contributed by atoms with van der Waals surface area (Å²) in [6.45, 7) is 0. The molecule has 0 atom stereocenters. The molecule has 0 N–H and O–H groups in total. The van der Waals surface area contributed by atoms with Crippen LogP contribution in [0.5, 0.6) is 0 Å². The zero-order valence-electron chi connectivity index (χ0n) is 17.1. The van der Waals surface area contributed by atoms with Crippen LogP contribution >= 0.6 is 0 Å². The molecule has 7 nitrogen and oxygen atoms in total. The molecule has 0 aliphatic rings. The first-order chi connectivity index (χ1) is 16.8. The van der Waals surface area contributed by atoms with E-state index in [1.807, 2.05) is 0 Å². The molecule has 0 amide bonds. The van der Waals surface area contributed by atoms with E-state index < -0.39 is 67.7 Å². The van der Waals surface area contributed by atoms with E-state index in [1.54, 1.807) is 6.07 Å². The average Bonchev–Trinajstić information content (AvgIpc) is 2.82. The van der Waals surface area contributed by atoms with Gasteiger partial charge in [-0.1, -0.05) is 0 Å². The Morgan fingerprint density at radius 3 is 1.42 bits per heavy atom. The van der Waals surface area contributed by atoms with Crippen LogP contribution in [0.4, 0.5) is 26.3 Å². The van der Waals surface area contributed by atoms with Crippen molar-refractivity contribution < 1.29 is 26.3 Å². The molecule has 13 heteroatoms. The van der Waals surface area contributed by atoms with Crippen LogP contribution in [0, 0.1) is 79.3 Å². The molecule has 0 aromatic heterocycles. The van der Waals surface area contributed by atoms with Gasteiger partial charge in [-0.15, -0.1) is 0 Å². The van der Waals surface area contributed by atoms with Crippen LogP contribution in [0.2, 0.25) is 0 Å². The first-order valence-corrected chi connectivity index (χ1v) is 8.93. The lowest BCUT2D eigenvalue weighted by Crippen LogP contribution is -2.24. The molecule has 2 rings (SSSR count). The van der Waals surface area contributed by atoms with Gasteiger partial charge in [0.15, 0.2) is 0 Å². The maximum atomic E-state index is 14.0. The van der Waals surface area contributed by atoms with Crippen molar-refractivity contribution in [3.8, 4) is 42.5 Å². The van der Waals surface area contributed by atoms with Crippen molar-refractivity contribution >= 4 is 11.1 Å². The average molecular weight is 491 g/mol. The van der Waals surface area contributed by atoms with Crippen LogP contribution in [-0.4, -0.2) is 0 Å². The van der Waals surface area contributed by atoms with Gasteiger partial charge in [-0.2, -0.15) is 63.2 Å². The van der Waals surface area contributed by atoms with E-state index >= 15 is 0 Å². The summed E-state index contributed by atoms with van der Waals surface area (Å²) in [4.78, 5) is 0. The fourth-order valence-electron chi connectivity index (χ4n) is 3.28. The third-order valence-corrected chi connectivity index (χ3v) is 4.67. The fraction of sp³-hybridized carbons (Fsp3) is 0.0870. The van der Waals surface area contributed by atoms with Crippen LogP contribution in [0.3, 0.4) is 0 Å². The van der Waals surface area contributed by atoms with E-state index in [1.165, 1.54) is 24.3 Å². The lowest BCUT2D eigenvalue weighted by molar-refractivity contribution is -0.143. The van der Waals surface area contributed by atoms with Gasteiger partial charge >= 0.3 is 12.4 Å². The second-order valence-corrected chi connectivity index (χ2v) is 6.57. The molecule has 0 saturated heterocycles. The number of rotatable bonds is 1. The van der Waals surface area contributed by atoms with Crippen molar-refractivity contribution in [2.24, 2.45) is 0 Å². The van der Waals surface area contributed by atoms with Crippen molar-refractivity contribution in [1.82, 2.24) is 0 Å². The largest absolute Gasteiger partial charge is 0.418 e. The zero-order valence-corrected chi connectivity index (χ0v) is 17.1. The standard InChI is InChI=1S/C23H3F6N7/c24-22(25,26)20-13(6-32)3-17(21(19(20)10-36)23(27,28)29)18(9-35)16-2-11(4-30)15(1-12(16)5-31)14(7-33)8-34/h1-3H/b18-16-. The Hall–Kier alpha value is -5.81. The van der Waals surface area contributed by atoms with Crippen LogP contribution in [0.15, 0.2) is 18.2 Å². The van der Waals surface area contributed by atoms with Crippen LogP contribution in [0.25, 0.3) is 11.1 Å². The Balaban J connectivity index is 3.42. The lowest BCUT2D eigenvalue weighted by Gasteiger charge is -2.19. The first kappa shape index (κ1) is 26.4. The van der Waals surface area contributed by atoms with E-state index in [0.29, 0.717) is 6.07 Å². The second-order valence-electron chi connectivity index (χ2n) is 6.57. The van der Waals surface area contributed by atoms with Gasteiger partial charge in [-0.3, -0.25) is 0 Å². The minimum absolute atomic E-state index is 0.119. The van der Waals surface area contributed by atoms with Gasteiger partial charge in [-0.05, 0) is 18.2 Å². The molecular weight excluding hydrogens is 488 g/mol. The first-order valence-electron chi connectivity index (χ1n) is 8.93. The summed E-state index contributed by atoms with van der Waals surface area (Å²) >= 11 is 0. The highest BCUT2D eigenvalue weighted by Gasteiger charge is 2.45. The molecule has 0 aliphatic heterocycles. The summed E-state index contributed by atoms with van der Waals surface area (Å²) in [6, 6.07) is 10.8. The molecule has 0 radical (unpaired) electrons. The molecule has 2 aromatic carbocycles. The molecular formula is C23H3F6N7. The third-order valence-electron chi connectivity index (χ3n) is 4.67. The number of halogens is 6. The normalized spacial score (nSPS) is 11.3. The van der Waals surface area contributed by atoms with Crippen molar-refractivity contribution in [1.29, 1.82) is 36.8 Å². The van der Waals surface area contributed by atoms with Crippen LogP contribution in [0.1, 0.15) is 38.9 Å². The van der Waals surface area contributed by atoms with Crippen molar-refractivity contribution in [3.05, 3.63) is 67.6 Å². The summed E-state index contributed by atoms with van der Waals surface area (Å²) < 4.78 is 82.5. The summed E-state index contributed by atoms with van der Waals surface area (Å²) in [5.41, 5.74) is -11.9. The number of benzene rings is 2. The SMILES string of the molecule is N#CC(C#N)=c1cc(C#N)/c(=C(/C#N)c2cc(C#N)c(C(F)(F)F)c(C#N)c2C(F)(F)F)cc1C#N. The quantitative estimate of drug-likeness (QED) is 0.552. The maximum absolute atomic E-state index is 14.0. The molecule has 0 bridgehead atoms. The Bertz CT molecular complexity index is 1720. The second kappa shape index (κ2) is 9.59. The minimum Gasteiger partial charge on any atom is -0.192 e. The molecule has 0 saturated carbocycles. The summed E-state index contributed by atoms with van der Waals surface area (Å²) in [5, 5.41) is 64.1. The number of hydrogen-bond acceptors (Lipinski definition) is 7. The van der Waals surface area contributed by atoms with E-state index in [0.717, 1.165) is 18.2 Å². The smallest absolute Gasteiger partial charge is 0.192 e. The molecule has 2 aromatic rings. The van der Waals surface area contributed by atoms with Gasteiger partial charge in [0, 0.05) is 16.0 Å². The van der Waals surface area contributed by atoms with Gasteiger partial charge < -0.3 is 0 Å². The van der Waals surface area contributed by atoms with Gasteiger partial charge in [0.25, 0.3) is 0 Å². The van der Waals surface area contributed by atoms with Crippen LogP contribution < -0.4 is 10.4 Å². The molecule has 172 valence electrons. The molecule has 0 aliphatic carbocycles. The van der Waals surface area contributed by atoms with Crippen molar-refractivity contribution in [3.63, 3.8) is 0 Å². The highest BCUT2D eigenvalue weighted by atomic mass is 19.4. The van der Waals surface area contributed by atoms with Crippen molar-refractivity contribution in [2.45, 2.75) is 12.4 Å². The zero-order chi connectivity index (χ0) is 27.4. The topological polar surface area (TPSA) is 167 Å². The molecule has 0 unspecified atom stereocenters. The third kappa shape index (κ3) is 4.48. The van der Waals surface area contributed by atoms with E-state index in [4.69, 9.17) is 10.5 Å². The number of nitrogens with zero attached hydrogens (tertiary/aromatic N) is 7. The highest BCUT2D eigenvalue weighted by molar-refractivity contribution is 5.83. The molecule has 0 heterocycles. The van der Waals surface area contributed by atoms with E-state index in [-0.39, 0.29) is 11.3 Å². The van der Waals surface area contributed by atoms with E-state index in [2.05, 4.69) is 0 Å². The predicted molar refractivity (Wildman–Crippen MR) is 104 cm³/mol. The Labute approximate surface area is 197 Å². The number of hydrogen-bond donors (Lipinski definition) is 0. The molecule has 0 fully saturated rings. The Morgan fingerprint density at radius 1 is 0.556 bits per heavy atom. The summed E-state index contributed by atoms with van der Waals surface area (Å²) in [5.74, 6) is 0. The van der Waals surface area contributed by atoms with Crippen molar-refractivity contribution in [2.75, 3.05) is 0 Å². The number of alkyl halides is 6. The van der Waals surface area contributed by atoms with E-state index in [9.17, 15) is 52.7 Å². The molecule has 0 spiro atoms. The number of nitriles is 7. The Kier molecular flexibility index (Phi) is 7.04. The summed E-state index contributed by atoms with van der Waals surface area (Å²) in [7, 11) is 0. The predicted octanol–water partition coefficient (Wildman–Crippen LogP) is 3.13. The monoisotopic (exact) mass is 491 g/mol. The maximum Gasteiger partial charge on any atom is 0.418 e. The lowest BCUT2D eigenvalue weighted by atomic mass is 9.87. The molecule has 36 heavy (non-hydrogen) atoms. The van der Waals surface area contributed by atoms with Gasteiger partial charge in [0.05, 0.1) is 57.2 Å².